The number of hydrogen-bond donors (Lipinski definition) is 0. The molecule has 18 rings (SSSR count). The third-order valence-electron chi connectivity index (χ3n) is 19.8. The van der Waals surface area contributed by atoms with Crippen LogP contribution in [0.25, 0.3) is 110 Å². The lowest BCUT2D eigenvalue weighted by atomic mass is 9.43. The second kappa shape index (κ2) is 18.4. The Hall–Kier alpha value is -9.30. The summed E-state index contributed by atoms with van der Waals surface area (Å²) in [4.78, 5) is 2.48. The average Bonchev–Trinajstić information content (AvgIpc) is 3.88. The zero-order chi connectivity index (χ0) is 53.2. The van der Waals surface area contributed by atoms with Crippen LogP contribution >= 0.6 is 0 Å². The largest absolute Gasteiger partial charge is 0.310 e. The van der Waals surface area contributed by atoms with Gasteiger partial charge in [0.25, 0.3) is 0 Å². The van der Waals surface area contributed by atoms with Crippen molar-refractivity contribution in [2.75, 3.05) is 4.90 Å². The lowest BCUT2D eigenvalue weighted by Crippen LogP contribution is -2.55. The number of benzene rings is 13. The Labute approximate surface area is 474 Å². The number of fused-ring (bicyclic) bond motifs is 8. The molecule has 0 radical (unpaired) electrons. The zero-order valence-electron chi connectivity index (χ0n) is 45.3. The van der Waals surface area contributed by atoms with Crippen molar-refractivity contribution in [1.82, 2.24) is 0 Å². The summed E-state index contributed by atoms with van der Waals surface area (Å²) in [6.07, 6.45) is 6.67. The van der Waals surface area contributed by atoms with Crippen molar-refractivity contribution in [3.8, 4) is 66.8 Å². The van der Waals surface area contributed by atoms with E-state index < -0.39 is 0 Å². The molecule has 0 aliphatic heterocycles. The van der Waals surface area contributed by atoms with Gasteiger partial charge in [-0.05, 0) is 226 Å². The van der Waals surface area contributed by atoms with Gasteiger partial charge in [-0.3, -0.25) is 0 Å². The molecule has 1 heteroatoms. The summed E-state index contributed by atoms with van der Waals surface area (Å²) in [5, 5.41) is 10.3. The van der Waals surface area contributed by atoms with Gasteiger partial charge in [0.05, 0.1) is 5.69 Å². The van der Waals surface area contributed by atoms with Crippen LogP contribution in [0.15, 0.2) is 273 Å². The predicted octanol–water partition coefficient (Wildman–Crippen LogP) is 21.8. The van der Waals surface area contributed by atoms with Crippen LogP contribution in [0.3, 0.4) is 0 Å². The quantitative estimate of drug-likeness (QED) is 0.137. The minimum Gasteiger partial charge on any atom is -0.310 e. The number of nitrogens with zero attached hydrogens (tertiary/aromatic N) is 1. The number of rotatable bonds is 8. The van der Waals surface area contributed by atoms with Crippen molar-refractivity contribution in [1.29, 1.82) is 0 Å². The molecule has 5 aliphatic carbocycles. The summed E-state index contributed by atoms with van der Waals surface area (Å²) < 4.78 is 0. The minimum atomic E-state index is -0.0989. The van der Waals surface area contributed by atoms with Crippen molar-refractivity contribution in [3.63, 3.8) is 0 Å². The molecule has 0 amide bonds. The van der Waals surface area contributed by atoms with Gasteiger partial charge in [0, 0.05) is 22.2 Å². The first-order chi connectivity index (χ1) is 40.1. The Kier molecular flexibility index (Phi) is 10.6. The van der Waals surface area contributed by atoms with Crippen molar-refractivity contribution in [2.45, 2.75) is 37.5 Å². The lowest BCUT2D eigenvalue weighted by molar-refractivity contribution is -0.0399. The molecule has 5 aliphatic rings. The summed E-state index contributed by atoms with van der Waals surface area (Å²) in [6.45, 7) is 0. The molecule has 0 unspecified atom stereocenters. The molecule has 4 fully saturated rings. The standard InChI is InChI=1S/C80H59N/c1-4-19-53(20-5-1)65-38-36-62(50-74(65)55-21-6-2-7-22-55)81(61-26-8-3-9-27-61)78-40-39-66(68-31-16-17-33-71(68)78)58-47-75(69-34-18-25-54-23-10-12-28-63(54)69)79-72-37-35-57(73-46-56-24-11-13-29-64(56)67-30-14-15-32-70(67)73)48-76(72)80(77(79)49-58)59-42-51-41-52(44-59)45-60(80)43-51/h1-40,46-52,59-60H,41-45H2. The second-order valence-corrected chi connectivity index (χ2v) is 23.9. The van der Waals surface area contributed by atoms with Crippen molar-refractivity contribution in [3.05, 3.63) is 284 Å². The highest BCUT2D eigenvalue weighted by molar-refractivity contribution is 6.15. The minimum absolute atomic E-state index is 0.0989. The molecule has 0 N–H and O–H groups in total. The van der Waals surface area contributed by atoms with E-state index in [-0.39, 0.29) is 5.41 Å². The smallest absolute Gasteiger partial charge is 0.0540 e. The second-order valence-electron chi connectivity index (χ2n) is 23.9. The fourth-order valence-electron chi connectivity index (χ4n) is 16.7. The molecule has 81 heavy (non-hydrogen) atoms. The maximum Gasteiger partial charge on any atom is 0.0540 e. The molecule has 0 atom stereocenters. The Morgan fingerprint density at radius 1 is 0.272 bits per heavy atom. The van der Waals surface area contributed by atoms with E-state index in [1.54, 1.807) is 11.1 Å². The van der Waals surface area contributed by atoms with Crippen LogP contribution < -0.4 is 4.90 Å². The van der Waals surface area contributed by atoms with Crippen molar-refractivity contribution >= 4 is 60.2 Å². The Morgan fingerprint density at radius 2 is 0.827 bits per heavy atom. The van der Waals surface area contributed by atoms with E-state index in [1.807, 2.05) is 0 Å². The van der Waals surface area contributed by atoms with Crippen LogP contribution in [0.1, 0.15) is 43.2 Å². The molecule has 13 aromatic rings. The van der Waals surface area contributed by atoms with Gasteiger partial charge in [0.1, 0.15) is 0 Å². The monoisotopic (exact) mass is 1030 g/mol. The lowest BCUT2D eigenvalue weighted by Gasteiger charge is -2.61. The zero-order valence-corrected chi connectivity index (χ0v) is 45.3. The predicted molar refractivity (Wildman–Crippen MR) is 342 cm³/mol. The molecule has 1 nitrogen and oxygen atoms in total. The number of para-hydroxylation sites is 1. The Morgan fingerprint density at radius 3 is 1.56 bits per heavy atom. The Bertz CT molecular complexity index is 4610. The van der Waals surface area contributed by atoms with Crippen LogP contribution in [0, 0.1) is 23.7 Å². The van der Waals surface area contributed by atoms with Crippen LogP contribution in [0.5, 0.6) is 0 Å². The first-order valence-electron chi connectivity index (χ1n) is 29.5. The van der Waals surface area contributed by atoms with Gasteiger partial charge in [-0.15, -0.1) is 0 Å². The van der Waals surface area contributed by atoms with Gasteiger partial charge < -0.3 is 4.90 Å². The van der Waals surface area contributed by atoms with Gasteiger partial charge in [-0.1, -0.05) is 218 Å². The Balaban J connectivity index is 0.906. The molecule has 1 spiro atoms. The van der Waals surface area contributed by atoms with E-state index in [9.17, 15) is 0 Å². The summed E-state index contributed by atoms with van der Waals surface area (Å²) in [6, 6.07) is 103. The van der Waals surface area contributed by atoms with Crippen molar-refractivity contribution in [2.24, 2.45) is 23.7 Å². The first-order valence-corrected chi connectivity index (χ1v) is 29.5. The van der Waals surface area contributed by atoms with Gasteiger partial charge in [-0.25, -0.2) is 0 Å². The maximum atomic E-state index is 2.72. The van der Waals surface area contributed by atoms with E-state index in [4.69, 9.17) is 0 Å². The topological polar surface area (TPSA) is 3.24 Å². The number of anilines is 3. The van der Waals surface area contributed by atoms with Gasteiger partial charge in [-0.2, -0.15) is 0 Å². The van der Waals surface area contributed by atoms with Crippen LogP contribution in [0.2, 0.25) is 0 Å². The molecular formula is C80H59N. The molecule has 4 saturated carbocycles. The normalized spacial score (nSPS) is 19.4. The summed E-state index contributed by atoms with van der Waals surface area (Å²) in [5.41, 5.74) is 22.0. The van der Waals surface area contributed by atoms with Gasteiger partial charge in [0.2, 0.25) is 0 Å². The molecule has 4 bridgehead atoms. The summed E-state index contributed by atoms with van der Waals surface area (Å²) in [7, 11) is 0. The molecule has 0 saturated heterocycles. The van der Waals surface area contributed by atoms with Gasteiger partial charge in [0.15, 0.2) is 0 Å². The fourth-order valence-corrected chi connectivity index (χ4v) is 16.7. The van der Waals surface area contributed by atoms with E-state index in [0.717, 1.165) is 28.9 Å². The highest BCUT2D eigenvalue weighted by Crippen LogP contribution is 2.71. The third kappa shape index (κ3) is 7.17. The maximum absolute atomic E-state index is 2.72. The summed E-state index contributed by atoms with van der Waals surface area (Å²) in [5.74, 6) is 2.81. The van der Waals surface area contributed by atoms with E-state index in [2.05, 4.69) is 278 Å². The highest BCUT2D eigenvalue weighted by atomic mass is 15.1. The van der Waals surface area contributed by atoms with E-state index in [0.29, 0.717) is 11.8 Å². The first kappa shape index (κ1) is 46.6. The van der Waals surface area contributed by atoms with Gasteiger partial charge >= 0.3 is 0 Å². The molecular weight excluding hydrogens is 975 g/mol. The van der Waals surface area contributed by atoms with E-state index >= 15 is 0 Å². The number of hydrogen-bond acceptors (Lipinski definition) is 1. The van der Waals surface area contributed by atoms with E-state index in [1.165, 1.54) is 142 Å². The van der Waals surface area contributed by atoms with Crippen molar-refractivity contribution < 1.29 is 0 Å². The third-order valence-corrected chi connectivity index (χ3v) is 19.8. The van der Waals surface area contributed by atoms with Crippen LogP contribution in [-0.4, -0.2) is 0 Å². The molecule has 384 valence electrons. The highest BCUT2D eigenvalue weighted by Gasteiger charge is 2.62. The molecule has 0 heterocycles. The van der Waals surface area contributed by atoms with Crippen LogP contribution in [0.4, 0.5) is 17.1 Å². The SMILES string of the molecule is c1ccc(-c2ccc(N(c3ccccc3)c3ccc(-c4cc(-c5cccc6ccccc56)c5c(c4)C4(c6cc(-c7cc8ccccc8c8ccccc78)ccc6-5)C5CC6CC(C5)CC4C6)c4ccccc34)cc2-c2ccccc2)cc1. The fraction of sp³-hybridized carbons (Fsp3) is 0.125. The average molecular weight is 1030 g/mol. The molecule has 0 aromatic heterocycles. The van der Waals surface area contributed by atoms with Crippen LogP contribution in [-0.2, 0) is 5.41 Å². The molecule has 13 aromatic carbocycles. The summed E-state index contributed by atoms with van der Waals surface area (Å²) >= 11 is 0.